The molecule has 3 rings (SSSR count). The molecule has 24 heavy (non-hydrogen) atoms. The average molecular weight is 338 g/mol. The van der Waals surface area contributed by atoms with E-state index in [1.807, 2.05) is 47.8 Å². The van der Waals surface area contributed by atoms with Crippen LogP contribution in [-0.4, -0.2) is 34.4 Å². The molecule has 0 radical (unpaired) electrons. The molecule has 0 saturated carbocycles. The van der Waals surface area contributed by atoms with Crippen molar-refractivity contribution >= 4 is 22.9 Å². The molecule has 1 N–H and O–H groups in total. The second-order valence-electron chi connectivity index (χ2n) is 5.36. The highest BCUT2D eigenvalue weighted by Crippen LogP contribution is 2.23. The number of nitrogens with zero attached hydrogens (tertiary/aromatic N) is 3. The first-order valence-corrected chi connectivity index (χ1v) is 8.48. The molecule has 5 nitrogen and oxygen atoms in total. The SMILES string of the molecule is CN(Cc1csc(-c2ccccc2)n1)C(=O)CNc1cccnc1. The van der Waals surface area contributed by atoms with Crippen molar-refractivity contribution in [1.29, 1.82) is 0 Å². The average Bonchev–Trinajstić information content (AvgIpc) is 3.10. The molecule has 0 aliphatic rings. The van der Waals surface area contributed by atoms with Crippen LogP contribution in [0.1, 0.15) is 5.69 Å². The number of thiazole rings is 1. The van der Waals surface area contributed by atoms with E-state index in [9.17, 15) is 4.79 Å². The van der Waals surface area contributed by atoms with Crippen LogP contribution in [0.5, 0.6) is 0 Å². The molecule has 122 valence electrons. The molecule has 0 bridgehead atoms. The normalized spacial score (nSPS) is 10.4. The van der Waals surface area contributed by atoms with Crippen LogP contribution in [0.25, 0.3) is 10.6 Å². The van der Waals surface area contributed by atoms with Crippen molar-refractivity contribution in [1.82, 2.24) is 14.9 Å². The van der Waals surface area contributed by atoms with Gasteiger partial charge in [0.25, 0.3) is 0 Å². The Labute approximate surface area is 145 Å². The summed E-state index contributed by atoms with van der Waals surface area (Å²) < 4.78 is 0. The number of aromatic nitrogens is 2. The van der Waals surface area contributed by atoms with Gasteiger partial charge < -0.3 is 10.2 Å². The molecule has 0 saturated heterocycles. The third-order valence-electron chi connectivity index (χ3n) is 3.50. The number of likely N-dealkylation sites (N-methyl/N-ethyl adjacent to an activating group) is 1. The van der Waals surface area contributed by atoms with Crippen LogP contribution in [-0.2, 0) is 11.3 Å². The van der Waals surface area contributed by atoms with Gasteiger partial charge in [-0.3, -0.25) is 9.78 Å². The number of anilines is 1. The molecule has 0 atom stereocenters. The van der Waals surface area contributed by atoms with Gasteiger partial charge >= 0.3 is 0 Å². The molecule has 6 heteroatoms. The van der Waals surface area contributed by atoms with Gasteiger partial charge in [-0.1, -0.05) is 30.3 Å². The summed E-state index contributed by atoms with van der Waals surface area (Å²) in [4.78, 5) is 22.5. The number of carbonyl (C=O) groups is 1. The highest BCUT2D eigenvalue weighted by Gasteiger charge is 2.12. The van der Waals surface area contributed by atoms with Crippen LogP contribution in [0.2, 0.25) is 0 Å². The second kappa shape index (κ2) is 7.70. The Bertz CT molecular complexity index is 789. The van der Waals surface area contributed by atoms with Gasteiger partial charge in [-0.2, -0.15) is 0 Å². The molecule has 0 unspecified atom stereocenters. The molecule has 3 aromatic rings. The van der Waals surface area contributed by atoms with Crippen LogP contribution >= 0.6 is 11.3 Å². The Morgan fingerprint density at radius 3 is 2.79 bits per heavy atom. The Kier molecular flexibility index (Phi) is 5.18. The van der Waals surface area contributed by atoms with E-state index >= 15 is 0 Å². The zero-order valence-corrected chi connectivity index (χ0v) is 14.2. The molecule has 0 fully saturated rings. The quantitative estimate of drug-likeness (QED) is 0.749. The van der Waals surface area contributed by atoms with E-state index in [4.69, 9.17) is 0 Å². The largest absolute Gasteiger partial charge is 0.375 e. The van der Waals surface area contributed by atoms with Gasteiger partial charge in [-0.25, -0.2) is 4.98 Å². The van der Waals surface area contributed by atoms with Crippen LogP contribution in [0, 0.1) is 0 Å². The maximum absolute atomic E-state index is 12.2. The standard InChI is InChI=1S/C18H18N4OS/c1-22(17(23)11-20-15-8-5-9-19-10-15)12-16-13-24-18(21-16)14-6-3-2-4-7-14/h2-10,13,20H,11-12H2,1H3. The van der Waals surface area contributed by atoms with Crippen molar-refractivity contribution in [2.24, 2.45) is 0 Å². The fraction of sp³-hybridized carbons (Fsp3) is 0.167. The number of nitrogens with one attached hydrogen (secondary N) is 1. The number of benzene rings is 1. The number of amides is 1. The van der Waals surface area contributed by atoms with Crippen molar-refractivity contribution in [2.45, 2.75) is 6.54 Å². The second-order valence-corrected chi connectivity index (χ2v) is 6.21. The first kappa shape index (κ1) is 16.1. The summed E-state index contributed by atoms with van der Waals surface area (Å²) in [7, 11) is 1.79. The van der Waals surface area contributed by atoms with E-state index in [1.54, 1.807) is 35.7 Å². The van der Waals surface area contributed by atoms with Crippen LogP contribution < -0.4 is 5.32 Å². The molecule has 1 amide bonds. The number of rotatable bonds is 6. The fourth-order valence-corrected chi connectivity index (χ4v) is 3.02. The first-order chi connectivity index (χ1) is 11.7. The zero-order valence-electron chi connectivity index (χ0n) is 13.3. The minimum atomic E-state index is 0.00751. The van der Waals surface area contributed by atoms with Gasteiger partial charge in [0.05, 0.1) is 24.5 Å². The van der Waals surface area contributed by atoms with Gasteiger partial charge in [0.2, 0.25) is 5.91 Å². The first-order valence-electron chi connectivity index (χ1n) is 7.60. The summed E-state index contributed by atoms with van der Waals surface area (Å²) in [6, 6.07) is 13.8. The van der Waals surface area contributed by atoms with Gasteiger partial charge in [-0.05, 0) is 12.1 Å². The Morgan fingerprint density at radius 2 is 2.04 bits per heavy atom. The lowest BCUT2D eigenvalue weighted by atomic mass is 10.2. The van der Waals surface area contributed by atoms with E-state index in [0.29, 0.717) is 6.54 Å². The minimum absolute atomic E-state index is 0.00751. The highest BCUT2D eigenvalue weighted by atomic mass is 32.1. The third kappa shape index (κ3) is 4.17. The molecule has 0 aliphatic carbocycles. The topological polar surface area (TPSA) is 58.1 Å². The van der Waals surface area contributed by atoms with Gasteiger partial charge in [0, 0.05) is 30.4 Å². The van der Waals surface area contributed by atoms with E-state index in [-0.39, 0.29) is 12.5 Å². The number of hydrogen-bond acceptors (Lipinski definition) is 5. The van der Waals surface area contributed by atoms with Gasteiger partial charge in [0.15, 0.2) is 0 Å². The number of hydrogen-bond donors (Lipinski definition) is 1. The Balaban J connectivity index is 1.55. The Hall–Kier alpha value is -2.73. The number of pyridine rings is 1. The van der Waals surface area contributed by atoms with Crippen molar-refractivity contribution in [3.8, 4) is 10.6 Å². The smallest absolute Gasteiger partial charge is 0.241 e. The molecule has 0 spiro atoms. The lowest BCUT2D eigenvalue weighted by Gasteiger charge is -2.16. The van der Waals surface area contributed by atoms with Gasteiger partial charge in [-0.15, -0.1) is 11.3 Å². The third-order valence-corrected chi connectivity index (χ3v) is 4.44. The fourth-order valence-electron chi connectivity index (χ4n) is 2.20. The van der Waals surface area contributed by atoms with Crippen LogP contribution in [0.4, 0.5) is 5.69 Å². The van der Waals surface area contributed by atoms with Crippen molar-refractivity contribution in [2.75, 3.05) is 18.9 Å². The lowest BCUT2D eigenvalue weighted by molar-refractivity contribution is -0.128. The van der Waals surface area contributed by atoms with Crippen molar-refractivity contribution in [3.63, 3.8) is 0 Å². The van der Waals surface area contributed by atoms with E-state index in [2.05, 4.69) is 15.3 Å². The lowest BCUT2D eigenvalue weighted by Crippen LogP contribution is -2.31. The molecular formula is C18H18N4OS. The Morgan fingerprint density at radius 1 is 1.21 bits per heavy atom. The molecule has 0 aliphatic heterocycles. The minimum Gasteiger partial charge on any atom is -0.375 e. The molecule has 1 aromatic carbocycles. The zero-order chi connectivity index (χ0) is 16.8. The summed E-state index contributed by atoms with van der Waals surface area (Å²) in [6.45, 7) is 0.731. The predicted octanol–water partition coefficient (Wildman–Crippen LogP) is 3.28. The van der Waals surface area contributed by atoms with Crippen LogP contribution in [0.15, 0.2) is 60.2 Å². The summed E-state index contributed by atoms with van der Waals surface area (Å²) in [5.74, 6) is 0.00751. The van der Waals surface area contributed by atoms with Crippen molar-refractivity contribution in [3.05, 3.63) is 65.9 Å². The van der Waals surface area contributed by atoms with Crippen LogP contribution in [0.3, 0.4) is 0 Å². The monoisotopic (exact) mass is 338 g/mol. The molecular weight excluding hydrogens is 320 g/mol. The summed E-state index contributed by atoms with van der Waals surface area (Å²) in [6.07, 6.45) is 3.39. The number of carbonyl (C=O) groups excluding carboxylic acids is 1. The summed E-state index contributed by atoms with van der Waals surface area (Å²) >= 11 is 1.59. The molecule has 2 aromatic heterocycles. The maximum atomic E-state index is 12.2. The van der Waals surface area contributed by atoms with E-state index in [0.717, 1.165) is 22.0 Å². The van der Waals surface area contributed by atoms with E-state index in [1.165, 1.54) is 0 Å². The summed E-state index contributed by atoms with van der Waals surface area (Å²) in [5.41, 5.74) is 2.83. The predicted molar refractivity (Wildman–Crippen MR) is 96.8 cm³/mol. The maximum Gasteiger partial charge on any atom is 0.241 e. The summed E-state index contributed by atoms with van der Waals surface area (Å²) in [5, 5.41) is 6.04. The van der Waals surface area contributed by atoms with E-state index < -0.39 is 0 Å². The van der Waals surface area contributed by atoms with Crippen molar-refractivity contribution < 1.29 is 4.79 Å². The molecule has 2 heterocycles. The van der Waals surface area contributed by atoms with Gasteiger partial charge in [0.1, 0.15) is 5.01 Å². The highest BCUT2D eigenvalue weighted by molar-refractivity contribution is 7.13.